The molecule has 4 nitrogen and oxygen atoms in total. The minimum atomic E-state index is -1.11. The number of aliphatic hydroxyl groups excluding tert-OH is 1. The summed E-state index contributed by atoms with van der Waals surface area (Å²) in [5.41, 5.74) is 0.115. The first-order chi connectivity index (χ1) is 8.58. The number of benzene rings is 1. The molecule has 1 N–H and O–H groups in total. The van der Waals surface area contributed by atoms with Gasteiger partial charge in [-0.1, -0.05) is 5.16 Å². The van der Waals surface area contributed by atoms with E-state index < -0.39 is 17.7 Å². The van der Waals surface area contributed by atoms with Gasteiger partial charge in [0.2, 0.25) is 5.89 Å². The lowest BCUT2D eigenvalue weighted by molar-refractivity contribution is 0.173. The van der Waals surface area contributed by atoms with Crippen LogP contribution in [-0.4, -0.2) is 15.2 Å². The second-order valence-corrected chi connectivity index (χ2v) is 3.93. The normalized spacial score (nSPS) is 12.7. The third-order valence-corrected chi connectivity index (χ3v) is 2.50. The van der Waals surface area contributed by atoms with E-state index in [0.29, 0.717) is 0 Å². The van der Waals surface area contributed by atoms with E-state index in [-0.39, 0.29) is 29.6 Å². The van der Waals surface area contributed by atoms with E-state index in [1.807, 2.05) is 0 Å². The van der Waals surface area contributed by atoms with Gasteiger partial charge in [-0.2, -0.15) is 4.98 Å². The van der Waals surface area contributed by atoms with E-state index in [1.165, 1.54) is 0 Å². The first-order valence-electron chi connectivity index (χ1n) is 5.10. The number of alkyl halides is 1. The van der Waals surface area contributed by atoms with Gasteiger partial charge in [-0.25, -0.2) is 8.78 Å². The molecule has 0 aliphatic rings. The molecule has 7 heteroatoms. The molecule has 0 unspecified atom stereocenters. The van der Waals surface area contributed by atoms with Crippen molar-refractivity contribution in [3.63, 3.8) is 0 Å². The van der Waals surface area contributed by atoms with Crippen LogP contribution in [0.15, 0.2) is 22.7 Å². The molecule has 0 amide bonds. The summed E-state index contributed by atoms with van der Waals surface area (Å²) in [6.45, 7) is 0. The van der Waals surface area contributed by atoms with Crippen molar-refractivity contribution >= 4 is 11.6 Å². The lowest BCUT2D eigenvalue weighted by Crippen LogP contribution is -2.04. The van der Waals surface area contributed by atoms with Crippen molar-refractivity contribution in [1.29, 1.82) is 0 Å². The Hall–Kier alpha value is -1.53. The summed E-state index contributed by atoms with van der Waals surface area (Å²) < 4.78 is 30.7. The SMILES string of the molecule is O[C@@H](Cc1noc(CCl)n1)c1cc(F)cc(F)c1. The van der Waals surface area contributed by atoms with Crippen LogP contribution < -0.4 is 0 Å². The van der Waals surface area contributed by atoms with Gasteiger partial charge >= 0.3 is 0 Å². The number of rotatable bonds is 4. The molecule has 0 saturated carbocycles. The number of aliphatic hydroxyl groups is 1. The summed E-state index contributed by atoms with van der Waals surface area (Å²) in [6, 6.07) is 2.84. The summed E-state index contributed by atoms with van der Waals surface area (Å²) in [5, 5.41) is 13.4. The van der Waals surface area contributed by atoms with Gasteiger partial charge in [-0.3, -0.25) is 0 Å². The third kappa shape index (κ3) is 3.02. The molecule has 0 fully saturated rings. The molecule has 0 aliphatic heterocycles. The quantitative estimate of drug-likeness (QED) is 0.870. The Morgan fingerprint density at radius 2 is 1.94 bits per heavy atom. The van der Waals surface area contributed by atoms with Crippen molar-refractivity contribution in [3.8, 4) is 0 Å². The van der Waals surface area contributed by atoms with Gasteiger partial charge in [0.25, 0.3) is 0 Å². The predicted octanol–water partition coefficient (Wildman–Crippen LogP) is 2.36. The number of hydrogen-bond acceptors (Lipinski definition) is 4. The molecule has 0 saturated heterocycles. The topological polar surface area (TPSA) is 59.2 Å². The van der Waals surface area contributed by atoms with Crippen LogP contribution in [-0.2, 0) is 12.3 Å². The van der Waals surface area contributed by atoms with Gasteiger partial charge < -0.3 is 9.63 Å². The number of aromatic nitrogens is 2. The second-order valence-electron chi connectivity index (χ2n) is 3.66. The van der Waals surface area contributed by atoms with Crippen LogP contribution in [0.5, 0.6) is 0 Å². The maximum atomic E-state index is 13.0. The number of hydrogen-bond donors (Lipinski definition) is 1. The highest BCUT2D eigenvalue weighted by molar-refractivity contribution is 6.16. The maximum Gasteiger partial charge on any atom is 0.241 e. The Morgan fingerprint density at radius 3 is 2.50 bits per heavy atom. The lowest BCUT2D eigenvalue weighted by atomic mass is 10.1. The third-order valence-electron chi connectivity index (χ3n) is 2.27. The van der Waals surface area contributed by atoms with Crippen molar-refractivity contribution in [2.75, 3.05) is 0 Å². The number of halogens is 3. The zero-order valence-corrected chi connectivity index (χ0v) is 9.86. The van der Waals surface area contributed by atoms with E-state index in [0.717, 1.165) is 18.2 Å². The van der Waals surface area contributed by atoms with Crippen molar-refractivity contribution < 1.29 is 18.4 Å². The van der Waals surface area contributed by atoms with Gasteiger partial charge in [-0.05, 0) is 17.7 Å². The summed E-state index contributed by atoms with van der Waals surface area (Å²) >= 11 is 5.48. The Bertz CT molecular complexity index is 527. The fraction of sp³-hybridized carbons (Fsp3) is 0.273. The molecule has 1 atom stereocenters. The average Bonchev–Trinajstić information content (AvgIpc) is 2.75. The molecule has 2 rings (SSSR count). The van der Waals surface area contributed by atoms with Crippen molar-refractivity contribution in [2.24, 2.45) is 0 Å². The van der Waals surface area contributed by atoms with Gasteiger partial charge in [-0.15, -0.1) is 11.6 Å². The summed E-state index contributed by atoms with van der Waals surface area (Å²) in [7, 11) is 0. The molecule has 1 heterocycles. The molecular weight excluding hydrogens is 266 g/mol. The van der Waals surface area contributed by atoms with E-state index in [2.05, 4.69) is 10.1 Å². The monoisotopic (exact) mass is 274 g/mol. The van der Waals surface area contributed by atoms with Gasteiger partial charge in [0.15, 0.2) is 5.82 Å². The van der Waals surface area contributed by atoms with E-state index in [1.54, 1.807) is 0 Å². The highest BCUT2D eigenvalue weighted by atomic mass is 35.5. The standard InChI is InChI=1S/C11H9ClF2N2O2/c12-5-11-15-10(16-18-11)4-9(17)6-1-7(13)3-8(14)2-6/h1-3,9,17H,4-5H2/t9-/m0/s1. The highest BCUT2D eigenvalue weighted by Gasteiger charge is 2.15. The molecule has 0 bridgehead atoms. The Balaban J connectivity index is 2.13. The first kappa shape index (κ1) is 12.9. The molecule has 0 radical (unpaired) electrons. The Labute approximate surface area is 106 Å². The lowest BCUT2D eigenvalue weighted by Gasteiger charge is -2.08. The Morgan fingerprint density at radius 1 is 1.28 bits per heavy atom. The molecular formula is C11H9ClF2N2O2. The molecule has 0 aliphatic carbocycles. The van der Waals surface area contributed by atoms with E-state index in [4.69, 9.17) is 16.1 Å². The van der Waals surface area contributed by atoms with Crippen LogP contribution in [0.2, 0.25) is 0 Å². The molecule has 2 aromatic rings. The fourth-order valence-corrected chi connectivity index (χ4v) is 1.59. The zero-order valence-electron chi connectivity index (χ0n) is 9.11. The van der Waals surface area contributed by atoms with Gasteiger partial charge in [0.05, 0.1) is 6.10 Å². The molecule has 1 aromatic carbocycles. The van der Waals surface area contributed by atoms with Crippen LogP contribution in [0.4, 0.5) is 8.78 Å². The summed E-state index contributed by atoms with van der Waals surface area (Å²) in [4.78, 5) is 3.88. The smallest absolute Gasteiger partial charge is 0.241 e. The average molecular weight is 275 g/mol. The zero-order chi connectivity index (χ0) is 13.1. The van der Waals surface area contributed by atoms with Crippen molar-refractivity contribution in [3.05, 3.63) is 47.1 Å². The van der Waals surface area contributed by atoms with Crippen LogP contribution in [0.1, 0.15) is 23.4 Å². The maximum absolute atomic E-state index is 13.0. The van der Waals surface area contributed by atoms with E-state index in [9.17, 15) is 13.9 Å². The molecule has 18 heavy (non-hydrogen) atoms. The first-order valence-corrected chi connectivity index (χ1v) is 5.63. The summed E-state index contributed by atoms with van der Waals surface area (Å²) in [6.07, 6.45) is -1.13. The van der Waals surface area contributed by atoms with Crippen LogP contribution in [0, 0.1) is 11.6 Å². The Kier molecular flexibility index (Phi) is 3.88. The van der Waals surface area contributed by atoms with Crippen molar-refractivity contribution in [2.45, 2.75) is 18.4 Å². The van der Waals surface area contributed by atoms with Crippen LogP contribution in [0.3, 0.4) is 0 Å². The molecule has 1 aromatic heterocycles. The van der Waals surface area contributed by atoms with Gasteiger partial charge in [0.1, 0.15) is 17.5 Å². The number of nitrogens with zero attached hydrogens (tertiary/aromatic N) is 2. The van der Waals surface area contributed by atoms with Gasteiger partial charge in [0, 0.05) is 12.5 Å². The van der Waals surface area contributed by atoms with Crippen LogP contribution >= 0.6 is 11.6 Å². The second kappa shape index (κ2) is 5.41. The van der Waals surface area contributed by atoms with Crippen LogP contribution in [0.25, 0.3) is 0 Å². The predicted molar refractivity (Wildman–Crippen MR) is 58.9 cm³/mol. The summed E-state index contributed by atoms with van der Waals surface area (Å²) in [5.74, 6) is -0.984. The van der Waals surface area contributed by atoms with Crippen molar-refractivity contribution in [1.82, 2.24) is 10.1 Å². The minimum Gasteiger partial charge on any atom is -0.388 e. The largest absolute Gasteiger partial charge is 0.388 e. The highest BCUT2D eigenvalue weighted by Crippen LogP contribution is 2.19. The minimum absolute atomic E-state index is 0.0106. The molecule has 0 spiro atoms. The van der Waals surface area contributed by atoms with E-state index >= 15 is 0 Å². The molecule has 96 valence electrons. The fourth-order valence-electron chi connectivity index (χ4n) is 1.49.